The predicted octanol–water partition coefficient (Wildman–Crippen LogP) is 1.05. The van der Waals surface area contributed by atoms with E-state index in [1.807, 2.05) is 5.38 Å². The molecule has 0 bridgehead atoms. The van der Waals surface area contributed by atoms with Crippen LogP contribution in [0.15, 0.2) is 11.6 Å². The van der Waals surface area contributed by atoms with E-state index < -0.39 is 11.4 Å². The first-order valence-electron chi connectivity index (χ1n) is 4.53. The van der Waals surface area contributed by atoms with E-state index in [-0.39, 0.29) is 11.9 Å². The Labute approximate surface area is 90.9 Å². The molecule has 0 aromatic carbocycles. The van der Waals surface area contributed by atoms with Gasteiger partial charge in [-0.05, 0) is 13.8 Å². The lowest BCUT2D eigenvalue weighted by Gasteiger charge is -2.36. The molecule has 1 atom stereocenters. The molecule has 0 aliphatic carbocycles. The summed E-state index contributed by atoms with van der Waals surface area (Å²) in [4.78, 5) is 27.0. The number of aromatic nitrogens is 1. The number of hydrogen-bond donors (Lipinski definition) is 2. The molecule has 2 N–H and O–H groups in total. The van der Waals surface area contributed by atoms with Crippen LogP contribution in [-0.4, -0.2) is 16.9 Å². The van der Waals surface area contributed by atoms with E-state index in [0.29, 0.717) is 0 Å². The maximum absolute atomic E-state index is 11.6. The van der Waals surface area contributed by atoms with Crippen LogP contribution < -0.4 is 10.6 Å². The zero-order valence-electron chi connectivity index (χ0n) is 8.40. The van der Waals surface area contributed by atoms with Crippen LogP contribution in [0.3, 0.4) is 0 Å². The van der Waals surface area contributed by atoms with Gasteiger partial charge in [0.2, 0.25) is 5.91 Å². The largest absolute Gasteiger partial charge is 0.327 e. The zero-order chi connectivity index (χ0) is 11.1. The maximum Gasteiger partial charge on any atom is 0.322 e. The molecule has 1 unspecified atom stereocenters. The van der Waals surface area contributed by atoms with Crippen molar-refractivity contribution in [3.63, 3.8) is 0 Å². The second-order valence-corrected chi connectivity index (χ2v) is 4.88. The van der Waals surface area contributed by atoms with Crippen LogP contribution >= 0.6 is 11.3 Å². The first-order valence-corrected chi connectivity index (χ1v) is 5.41. The van der Waals surface area contributed by atoms with Gasteiger partial charge in [0.1, 0.15) is 5.01 Å². The topological polar surface area (TPSA) is 71.1 Å². The van der Waals surface area contributed by atoms with Gasteiger partial charge in [-0.15, -0.1) is 11.3 Å². The molecule has 6 heteroatoms. The van der Waals surface area contributed by atoms with Crippen molar-refractivity contribution in [2.45, 2.75) is 19.9 Å². The van der Waals surface area contributed by atoms with Crippen LogP contribution in [0.5, 0.6) is 0 Å². The number of rotatable bonds is 1. The Morgan fingerprint density at radius 3 is 2.80 bits per heavy atom. The number of carbonyl (C=O) groups excluding carboxylic acids is 2. The summed E-state index contributed by atoms with van der Waals surface area (Å²) < 4.78 is 0. The monoisotopic (exact) mass is 225 g/mol. The van der Waals surface area contributed by atoms with Crippen molar-refractivity contribution in [1.29, 1.82) is 0 Å². The molecular weight excluding hydrogens is 214 g/mol. The minimum atomic E-state index is -0.675. The summed E-state index contributed by atoms with van der Waals surface area (Å²) in [5.74, 6) is -0.272. The van der Waals surface area contributed by atoms with Crippen molar-refractivity contribution >= 4 is 23.3 Å². The predicted molar refractivity (Wildman–Crippen MR) is 55.3 cm³/mol. The van der Waals surface area contributed by atoms with Crippen LogP contribution in [0.25, 0.3) is 0 Å². The van der Waals surface area contributed by atoms with Gasteiger partial charge in [0.05, 0.1) is 11.5 Å². The fraction of sp³-hybridized carbons (Fsp3) is 0.444. The highest BCUT2D eigenvalue weighted by atomic mass is 32.1. The Morgan fingerprint density at radius 2 is 2.20 bits per heavy atom. The Balaban J connectivity index is 2.37. The van der Waals surface area contributed by atoms with Gasteiger partial charge >= 0.3 is 6.03 Å². The highest BCUT2D eigenvalue weighted by molar-refractivity contribution is 7.09. The summed E-state index contributed by atoms with van der Waals surface area (Å²) in [5, 5.41) is 7.54. The molecule has 1 aromatic heterocycles. The van der Waals surface area contributed by atoms with Crippen LogP contribution in [0.1, 0.15) is 24.9 Å². The number of amides is 3. The first kappa shape index (κ1) is 10.1. The van der Waals surface area contributed by atoms with Gasteiger partial charge in [-0.2, -0.15) is 0 Å². The number of nitrogens with one attached hydrogen (secondary N) is 2. The molecule has 1 saturated heterocycles. The molecule has 3 amide bonds. The molecule has 2 rings (SSSR count). The second kappa shape index (κ2) is 3.30. The number of carbonyl (C=O) groups is 2. The van der Waals surface area contributed by atoms with E-state index in [4.69, 9.17) is 0 Å². The van der Waals surface area contributed by atoms with Crippen molar-refractivity contribution in [3.8, 4) is 0 Å². The average molecular weight is 225 g/mol. The maximum atomic E-state index is 11.6. The number of thiazole rings is 1. The Kier molecular flexibility index (Phi) is 2.22. The van der Waals surface area contributed by atoms with Gasteiger partial charge in [-0.1, -0.05) is 0 Å². The van der Waals surface area contributed by atoms with E-state index in [1.165, 1.54) is 11.3 Å². The highest BCUT2D eigenvalue weighted by Crippen LogP contribution is 2.36. The van der Waals surface area contributed by atoms with Crippen molar-refractivity contribution in [2.24, 2.45) is 5.41 Å². The van der Waals surface area contributed by atoms with Crippen molar-refractivity contribution < 1.29 is 9.59 Å². The Hall–Kier alpha value is -1.43. The van der Waals surface area contributed by atoms with E-state index in [9.17, 15) is 9.59 Å². The first-order chi connectivity index (χ1) is 7.01. The third-order valence-electron chi connectivity index (χ3n) is 2.51. The molecule has 15 heavy (non-hydrogen) atoms. The zero-order valence-corrected chi connectivity index (χ0v) is 9.22. The number of hydrogen-bond acceptors (Lipinski definition) is 4. The van der Waals surface area contributed by atoms with Crippen LogP contribution in [0.2, 0.25) is 0 Å². The SMILES string of the molecule is CC1(C)C(=O)NC(=O)NC1c1nccs1. The number of nitrogens with zero attached hydrogens (tertiary/aromatic N) is 1. The van der Waals surface area contributed by atoms with Gasteiger partial charge in [0, 0.05) is 11.6 Å². The molecule has 0 spiro atoms. The van der Waals surface area contributed by atoms with Gasteiger partial charge in [-0.3, -0.25) is 10.1 Å². The van der Waals surface area contributed by atoms with Gasteiger partial charge < -0.3 is 5.32 Å². The molecular formula is C9H11N3O2S. The summed E-state index contributed by atoms with van der Waals surface area (Å²) in [6.45, 7) is 3.57. The van der Waals surface area contributed by atoms with E-state index in [1.54, 1.807) is 20.0 Å². The lowest BCUT2D eigenvalue weighted by molar-refractivity contribution is -0.131. The highest BCUT2D eigenvalue weighted by Gasteiger charge is 2.44. The van der Waals surface area contributed by atoms with Crippen LogP contribution in [0, 0.1) is 5.41 Å². The van der Waals surface area contributed by atoms with Gasteiger partial charge in [0.25, 0.3) is 0 Å². The Bertz CT molecular complexity index is 399. The molecule has 0 saturated carbocycles. The third-order valence-corrected chi connectivity index (χ3v) is 3.35. The molecule has 2 heterocycles. The summed E-state index contributed by atoms with van der Waals surface area (Å²) in [6, 6.07) is -0.807. The van der Waals surface area contributed by atoms with E-state index in [0.717, 1.165) is 5.01 Å². The summed E-state index contributed by atoms with van der Waals surface area (Å²) >= 11 is 1.43. The minimum Gasteiger partial charge on any atom is -0.327 e. The molecule has 1 aliphatic rings. The van der Waals surface area contributed by atoms with Crippen LogP contribution in [-0.2, 0) is 4.79 Å². The number of urea groups is 1. The summed E-state index contributed by atoms with van der Waals surface area (Å²) in [5.41, 5.74) is -0.675. The second-order valence-electron chi connectivity index (χ2n) is 3.95. The Morgan fingerprint density at radius 1 is 1.47 bits per heavy atom. The molecule has 1 fully saturated rings. The lowest BCUT2D eigenvalue weighted by Crippen LogP contribution is -2.58. The quantitative estimate of drug-likeness (QED) is 0.750. The molecule has 5 nitrogen and oxygen atoms in total. The van der Waals surface area contributed by atoms with Crippen molar-refractivity contribution in [1.82, 2.24) is 15.6 Å². The molecule has 80 valence electrons. The van der Waals surface area contributed by atoms with Crippen LogP contribution in [0.4, 0.5) is 4.79 Å². The van der Waals surface area contributed by atoms with Gasteiger partial charge in [-0.25, -0.2) is 9.78 Å². The summed E-state index contributed by atoms with van der Waals surface area (Å²) in [6.07, 6.45) is 1.66. The fourth-order valence-corrected chi connectivity index (χ4v) is 2.36. The van der Waals surface area contributed by atoms with E-state index >= 15 is 0 Å². The normalized spacial score (nSPS) is 24.5. The van der Waals surface area contributed by atoms with E-state index in [2.05, 4.69) is 15.6 Å². The average Bonchev–Trinajstić information content (AvgIpc) is 2.64. The minimum absolute atomic E-state index is 0.272. The number of imide groups is 1. The molecule has 1 aromatic rings. The summed E-state index contributed by atoms with van der Waals surface area (Å²) in [7, 11) is 0. The standard InChI is InChI=1S/C9H11N3O2S/c1-9(2)5(6-10-3-4-15-6)11-8(14)12-7(9)13/h3-5H,1-2H3,(H2,11,12,13,14). The smallest absolute Gasteiger partial charge is 0.322 e. The lowest BCUT2D eigenvalue weighted by atomic mass is 9.82. The molecule has 1 aliphatic heterocycles. The van der Waals surface area contributed by atoms with Gasteiger partial charge in [0.15, 0.2) is 0 Å². The third kappa shape index (κ3) is 1.61. The molecule has 0 radical (unpaired) electrons. The van der Waals surface area contributed by atoms with Crippen molar-refractivity contribution in [2.75, 3.05) is 0 Å². The van der Waals surface area contributed by atoms with Crippen molar-refractivity contribution in [3.05, 3.63) is 16.6 Å². The fourth-order valence-electron chi connectivity index (χ4n) is 1.49.